The highest BCUT2D eigenvalue weighted by atomic mass is 32.2. The van der Waals surface area contributed by atoms with Crippen molar-refractivity contribution in [1.29, 1.82) is 0 Å². The van der Waals surface area contributed by atoms with Crippen LogP contribution in [0.15, 0.2) is 52.5 Å². The molecule has 4 N–H and O–H groups in total. The van der Waals surface area contributed by atoms with Gasteiger partial charge >= 0.3 is 11.6 Å². The van der Waals surface area contributed by atoms with Gasteiger partial charge in [0, 0.05) is 16.7 Å². The molecule has 2 amide bonds. The number of thiazole rings is 1. The van der Waals surface area contributed by atoms with Crippen molar-refractivity contribution < 1.29 is 33.3 Å². The number of thioether (sulfide) groups is 1. The summed E-state index contributed by atoms with van der Waals surface area (Å²) < 4.78 is 17.6. The van der Waals surface area contributed by atoms with Crippen molar-refractivity contribution in [2.45, 2.75) is 18.0 Å². The van der Waals surface area contributed by atoms with E-state index in [1.165, 1.54) is 30.3 Å². The standard InChI is InChI=1S/C21H18FN7O5S2/c1-34-26-13(12-9-36-21(23)24-12)16(30)25-14-18(31)29-15(20(32)33)10(8-35-19(14)29)7-28-6-5-27-4-2-3-11(22)17(27)28/h2-6,9,14,19H,7-8H2,1H3,(H3-,23,24,25,30,32,33)/p+1/b26-13-/t14-,19-/m1/s1. The van der Waals surface area contributed by atoms with Crippen LogP contribution in [-0.4, -0.2) is 67.2 Å². The smallest absolute Gasteiger partial charge is 0.352 e. The van der Waals surface area contributed by atoms with E-state index < -0.39 is 35.0 Å². The van der Waals surface area contributed by atoms with E-state index in [0.717, 1.165) is 16.2 Å². The van der Waals surface area contributed by atoms with Gasteiger partial charge in [0.1, 0.15) is 48.9 Å². The number of aromatic nitrogens is 3. The van der Waals surface area contributed by atoms with Crippen molar-refractivity contribution in [3.8, 4) is 0 Å². The number of hydrogen-bond donors (Lipinski definition) is 3. The minimum Gasteiger partial charge on any atom is -0.477 e. The number of nitrogen functional groups attached to an aromatic ring is 1. The molecule has 1 saturated heterocycles. The monoisotopic (exact) mass is 532 g/mol. The van der Waals surface area contributed by atoms with E-state index in [2.05, 4.69) is 15.5 Å². The number of nitrogens with one attached hydrogen (secondary N) is 1. The molecule has 0 radical (unpaired) electrons. The molecule has 0 aliphatic carbocycles. The number of carboxylic acid groups (broad SMARTS) is 1. The molecule has 2 aliphatic rings. The largest absolute Gasteiger partial charge is 0.477 e. The molecule has 0 spiro atoms. The van der Waals surface area contributed by atoms with Crippen molar-refractivity contribution in [3.05, 3.63) is 58.9 Å². The summed E-state index contributed by atoms with van der Waals surface area (Å²) in [6, 6.07) is 1.91. The molecule has 3 aromatic heterocycles. The van der Waals surface area contributed by atoms with E-state index in [1.807, 2.05) is 0 Å². The number of β-lactam (4-membered cyclic amide) rings is 1. The number of nitrogens with two attached hydrogens (primary N) is 1. The summed E-state index contributed by atoms with van der Waals surface area (Å²) in [7, 11) is 1.26. The number of imidazole rings is 1. The summed E-state index contributed by atoms with van der Waals surface area (Å²) >= 11 is 2.42. The zero-order chi connectivity index (χ0) is 25.6. The van der Waals surface area contributed by atoms with Crippen LogP contribution >= 0.6 is 23.1 Å². The molecular formula is C21H19FN7O5S2+. The molecule has 186 valence electrons. The highest BCUT2D eigenvalue weighted by Crippen LogP contribution is 2.40. The number of amides is 2. The van der Waals surface area contributed by atoms with Crippen LogP contribution in [0.5, 0.6) is 0 Å². The fourth-order valence-corrected chi connectivity index (χ4v) is 6.04. The number of nitrogens with zero attached hydrogens (tertiary/aromatic N) is 5. The third-order valence-electron chi connectivity index (χ3n) is 5.69. The van der Waals surface area contributed by atoms with E-state index in [9.17, 15) is 23.9 Å². The lowest BCUT2D eigenvalue weighted by Gasteiger charge is -2.49. The molecule has 0 aromatic carbocycles. The van der Waals surface area contributed by atoms with E-state index in [-0.39, 0.29) is 40.2 Å². The summed E-state index contributed by atoms with van der Waals surface area (Å²) in [6.07, 6.45) is 4.98. The zero-order valence-corrected chi connectivity index (χ0v) is 20.3. The third-order valence-corrected chi connectivity index (χ3v) is 7.70. The molecule has 3 aromatic rings. The van der Waals surface area contributed by atoms with Gasteiger partial charge < -0.3 is 21.0 Å². The van der Waals surface area contributed by atoms with Gasteiger partial charge in [-0.05, 0) is 12.1 Å². The first kappa shape index (κ1) is 23.7. The lowest BCUT2D eigenvalue weighted by atomic mass is 10.0. The van der Waals surface area contributed by atoms with Crippen molar-refractivity contribution in [1.82, 2.24) is 19.6 Å². The minimum atomic E-state index is -1.28. The Hall–Kier alpha value is -3.98. The average Bonchev–Trinajstić information content (AvgIpc) is 3.47. The van der Waals surface area contributed by atoms with Crippen LogP contribution in [0, 0.1) is 5.82 Å². The van der Waals surface area contributed by atoms with E-state index in [4.69, 9.17) is 10.6 Å². The normalized spacial score (nSPS) is 19.8. The van der Waals surface area contributed by atoms with Gasteiger partial charge in [-0.3, -0.25) is 14.5 Å². The van der Waals surface area contributed by atoms with Crippen LogP contribution in [0.1, 0.15) is 5.69 Å². The van der Waals surface area contributed by atoms with Gasteiger partial charge in [0.05, 0.1) is 6.20 Å². The Bertz CT molecular complexity index is 1470. The summed E-state index contributed by atoms with van der Waals surface area (Å²) in [4.78, 5) is 48.0. The lowest BCUT2D eigenvalue weighted by molar-refractivity contribution is -0.663. The van der Waals surface area contributed by atoms with Crippen LogP contribution in [0.3, 0.4) is 0 Å². The second-order valence-electron chi connectivity index (χ2n) is 7.82. The maximum atomic E-state index is 14.4. The maximum absolute atomic E-state index is 14.4. The van der Waals surface area contributed by atoms with Gasteiger partial charge in [-0.2, -0.15) is 4.39 Å². The van der Waals surface area contributed by atoms with Crippen LogP contribution in [0.4, 0.5) is 9.52 Å². The minimum absolute atomic E-state index is 0.0789. The molecule has 0 bridgehead atoms. The predicted molar refractivity (Wildman–Crippen MR) is 127 cm³/mol. The first-order chi connectivity index (χ1) is 17.3. The SMILES string of the molecule is CO/N=C(\C(=O)N[C@@H]1C(=O)N2C(C(=O)O)=C(C[n+]3ccn4cccc(F)c43)CS[C@H]12)c1csc(N)n1. The number of anilines is 1. The lowest BCUT2D eigenvalue weighted by Crippen LogP contribution is -2.71. The molecular weight excluding hydrogens is 513 g/mol. The topological polar surface area (TPSA) is 156 Å². The molecule has 5 rings (SSSR count). The van der Waals surface area contributed by atoms with Crippen molar-refractivity contribution in [2.75, 3.05) is 18.6 Å². The van der Waals surface area contributed by atoms with Crippen LogP contribution in [0.2, 0.25) is 0 Å². The number of rotatable bonds is 7. The van der Waals surface area contributed by atoms with E-state index in [0.29, 0.717) is 5.57 Å². The highest BCUT2D eigenvalue weighted by molar-refractivity contribution is 8.00. The predicted octanol–water partition coefficient (Wildman–Crippen LogP) is 0.194. The molecule has 0 unspecified atom stereocenters. The quantitative estimate of drug-likeness (QED) is 0.169. The van der Waals surface area contributed by atoms with Crippen molar-refractivity contribution in [2.24, 2.45) is 5.16 Å². The Kier molecular flexibility index (Phi) is 6.09. The number of hydrogen-bond acceptors (Lipinski definition) is 9. The Morgan fingerprint density at radius 2 is 2.25 bits per heavy atom. The Morgan fingerprint density at radius 1 is 1.44 bits per heavy atom. The number of oxime groups is 1. The first-order valence-corrected chi connectivity index (χ1v) is 12.4. The van der Waals surface area contributed by atoms with Gasteiger partial charge in [-0.25, -0.2) is 18.7 Å². The van der Waals surface area contributed by atoms with Crippen LogP contribution in [0.25, 0.3) is 5.65 Å². The van der Waals surface area contributed by atoms with Crippen molar-refractivity contribution >= 4 is 57.4 Å². The second-order valence-corrected chi connectivity index (χ2v) is 9.82. The van der Waals surface area contributed by atoms with Gasteiger partial charge in [-0.1, -0.05) is 5.16 Å². The molecule has 0 saturated carbocycles. The fourth-order valence-electron chi connectivity index (χ4n) is 4.16. The van der Waals surface area contributed by atoms with Gasteiger partial charge in [0.15, 0.2) is 10.8 Å². The van der Waals surface area contributed by atoms with Gasteiger partial charge in [-0.15, -0.1) is 23.1 Å². The average molecular weight is 533 g/mol. The third kappa shape index (κ3) is 3.95. The Balaban J connectivity index is 1.38. The number of aliphatic carboxylic acids is 1. The summed E-state index contributed by atoms with van der Waals surface area (Å²) in [5.74, 6) is -2.76. The molecule has 12 nitrogen and oxygen atoms in total. The van der Waals surface area contributed by atoms with Gasteiger partial charge in [0.2, 0.25) is 5.82 Å². The molecule has 2 aliphatic heterocycles. The van der Waals surface area contributed by atoms with Crippen LogP contribution < -0.4 is 15.6 Å². The molecule has 15 heteroatoms. The first-order valence-electron chi connectivity index (χ1n) is 10.5. The second kappa shape index (κ2) is 9.23. The summed E-state index contributed by atoms with van der Waals surface area (Å²) in [6.45, 7) is 0.0789. The highest BCUT2D eigenvalue weighted by Gasteiger charge is 2.54. The zero-order valence-electron chi connectivity index (χ0n) is 18.6. The number of carbonyl (C=O) groups is 3. The van der Waals surface area contributed by atoms with Gasteiger partial charge in [0.25, 0.3) is 11.8 Å². The van der Waals surface area contributed by atoms with E-state index in [1.54, 1.807) is 33.6 Å². The molecule has 1 fully saturated rings. The molecule has 5 heterocycles. The molecule has 2 atom stereocenters. The Labute approximate surface area is 210 Å². The fraction of sp³-hybridized carbons (Fsp3) is 0.238. The Morgan fingerprint density at radius 3 is 2.94 bits per heavy atom. The number of carboxylic acids is 1. The van der Waals surface area contributed by atoms with Crippen molar-refractivity contribution in [3.63, 3.8) is 0 Å². The van der Waals surface area contributed by atoms with Crippen LogP contribution in [-0.2, 0) is 25.8 Å². The number of fused-ring (bicyclic) bond motifs is 2. The number of halogens is 1. The molecule has 36 heavy (non-hydrogen) atoms. The van der Waals surface area contributed by atoms with E-state index >= 15 is 0 Å². The number of carbonyl (C=O) groups excluding carboxylic acids is 2. The summed E-state index contributed by atoms with van der Waals surface area (Å²) in [5, 5.41) is 17.4. The summed E-state index contributed by atoms with van der Waals surface area (Å²) in [5.41, 5.74) is 6.21. The number of pyridine rings is 1. The maximum Gasteiger partial charge on any atom is 0.352 e.